The Morgan fingerprint density at radius 3 is 2.60 bits per heavy atom. The number of nitrogens with zero attached hydrogens (tertiary/aromatic N) is 3. The molecule has 2 aromatic heterocycles. The number of halogens is 1. The second kappa shape index (κ2) is 8.88. The number of nitrogens with one attached hydrogen (secondary N) is 1. The van der Waals surface area contributed by atoms with Gasteiger partial charge < -0.3 is 20.5 Å². The van der Waals surface area contributed by atoms with Crippen molar-refractivity contribution >= 4 is 28.7 Å². The van der Waals surface area contributed by atoms with Crippen LogP contribution in [0.15, 0.2) is 6.20 Å². The van der Waals surface area contributed by atoms with Gasteiger partial charge in [0.1, 0.15) is 22.7 Å². The normalized spacial score (nSPS) is 22.6. The van der Waals surface area contributed by atoms with Gasteiger partial charge in [0, 0.05) is 13.1 Å². The number of aromatic nitrogens is 3. The zero-order chi connectivity index (χ0) is 21.3. The van der Waals surface area contributed by atoms with Crippen LogP contribution in [0.1, 0.15) is 58.3 Å². The lowest BCUT2D eigenvalue weighted by atomic mass is 9.84. The lowest BCUT2D eigenvalue weighted by molar-refractivity contribution is 0.114. The van der Waals surface area contributed by atoms with Crippen molar-refractivity contribution in [1.82, 2.24) is 19.9 Å². The summed E-state index contributed by atoms with van der Waals surface area (Å²) in [6.45, 7) is 1.99. The Morgan fingerprint density at radius 1 is 1.27 bits per heavy atom. The van der Waals surface area contributed by atoms with Crippen LogP contribution in [0.5, 0.6) is 11.9 Å². The van der Waals surface area contributed by atoms with Gasteiger partial charge in [-0.05, 0) is 64.2 Å². The first kappa shape index (κ1) is 21.0. The Bertz CT molecular complexity index is 906. The smallest absolute Gasteiger partial charge is 0.312 e. The average Bonchev–Trinajstić information content (AvgIpc) is 3.46. The maximum Gasteiger partial charge on any atom is 0.312 e. The van der Waals surface area contributed by atoms with E-state index in [9.17, 15) is 4.79 Å². The van der Waals surface area contributed by atoms with Crippen molar-refractivity contribution in [2.24, 2.45) is 18.7 Å². The van der Waals surface area contributed by atoms with Crippen molar-refractivity contribution < 1.29 is 14.3 Å². The molecule has 2 heterocycles. The van der Waals surface area contributed by atoms with Crippen molar-refractivity contribution in [3.8, 4) is 11.9 Å². The van der Waals surface area contributed by atoms with E-state index in [1.807, 2.05) is 18.5 Å². The molecule has 2 aliphatic carbocycles. The van der Waals surface area contributed by atoms with Crippen molar-refractivity contribution in [3.63, 3.8) is 0 Å². The van der Waals surface area contributed by atoms with Crippen molar-refractivity contribution in [3.05, 3.63) is 11.2 Å². The molecule has 2 amide bonds. The fourth-order valence-electron chi connectivity index (χ4n) is 4.15. The van der Waals surface area contributed by atoms with Crippen LogP contribution in [-0.4, -0.2) is 38.8 Å². The van der Waals surface area contributed by atoms with Gasteiger partial charge in [-0.25, -0.2) is 9.78 Å². The lowest BCUT2D eigenvalue weighted by Crippen LogP contribution is -2.37. The topological polar surface area (TPSA) is 104 Å². The molecule has 0 aromatic carbocycles. The summed E-state index contributed by atoms with van der Waals surface area (Å²) in [5.74, 6) is 1.13. The minimum absolute atomic E-state index is 0.114. The summed E-state index contributed by atoms with van der Waals surface area (Å²) in [4.78, 5) is 19.9. The minimum atomic E-state index is -0.455. The number of carbonyl (C=O) groups excluding carboxylic acids is 1. The number of amides is 2. The Labute approximate surface area is 181 Å². The molecule has 1 atom stereocenters. The maximum absolute atomic E-state index is 10.9. The highest BCUT2D eigenvalue weighted by atomic mass is 35.5. The third kappa shape index (κ3) is 4.91. The third-order valence-corrected chi connectivity index (χ3v) is 6.39. The number of rotatable bonds is 8. The molecule has 30 heavy (non-hydrogen) atoms. The second-order valence-corrected chi connectivity index (χ2v) is 9.01. The monoisotopic (exact) mass is 435 g/mol. The zero-order valence-corrected chi connectivity index (χ0v) is 18.3. The molecular formula is C21H30ClN5O3. The Morgan fingerprint density at radius 2 is 1.93 bits per heavy atom. The van der Waals surface area contributed by atoms with Crippen molar-refractivity contribution in [2.75, 3.05) is 0 Å². The van der Waals surface area contributed by atoms with Crippen molar-refractivity contribution in [2.45, 2.75) is 76.5 Å². The molecule has 4 rings (SSSR count). The fourth-order valence-corrected chi connectivity index (χ4v) is 4.46. The first-order chi connectivity index (χ1) is 14.4. The maximum atomic E-state index is 10.9. The van der Waals surface area contributed by atoms with Crippen LogP contribution < -0.4 is 20.5 Å². The molecule has 0 bridgehead atoms. The van der Waals surface area contributed by atoms with E-state index in [4.69, 9.17) is 26.8 Å². The summed E-state index contributed by atoms with van der Waals surface area (Å²) < 4.78 is 13.9. The second-order valence-electron chi connectivity index (χ2n) is 8.63. The molecule has 0 saturated heterocycles. The molecule has 8 nitrogen and oxygen atoms in total. The van der Waals surface area contributed by atoms with E-state index in [0.29, 0.717) is 28.3 Å². The van der Waals surface area contributed by atoms with E-state index < -0.39 is 6.03 Å². The first-order valence-electron chi connectivity index (χ1n) is 10.8. The molecule has 164 valence electrons. The first-order valence-corrected chi connectivity index (χ1v) is 11.2. The highest BCUT2D eigenvalue weighted by molar-refractivity contribution is 6.36. The van der Waals surface area contributed by atoms with E-state index in [1.165, 1.54) is 0 Å². The van der Waals surface area contributed by atoms with Crippen LogP contribution in [0.4, 0.5) is 4.79 Å². The Balaban J connectivity index is 1.33. The molecule has 9 heteroatoms. The van der Waals surface area contributed by atoms with E-state index in [1.54, 1.807) is 6.20 Å². The van der Waals surface area contributed by atoms with Gasteiger partial charge in [-0.1, -0.05) is 11.6 Å². The van der Waals surface area contributed by atoms with Crippen LogP contribution in [0.2, 0.25) is 5.02 Å². The summed E-state index contributed by atoms with van der Waals surface area (Å²) >= 11 is 6.55. The minimum Gasteiger partial charge on any atom is -0.473 e. The number of nitrogens with two attached hydrogens (primary N) is 1. The molecule has 0 aliphatic heterocycles. The lowest BCUT2D eigenvalue weighted by Gasteiger charge is -2.29. The summed E-state index contributed by atoms with van der Waals surface area (Å²) in [6.07, 6.45) is 10.4. The van der Waals surface area contributed by atoms with E-state index in [-0.39, 0.29) is 18.2 Å². The van der Waals surface area contributed by atoms with Crippen LogP contribution in [0.25, 0.3) is 11.0 Å². The molecule has 0 spiro atoms. The van der Waals surface area contributed by atoms with Crippen LogP contribution in [-0.2, 0) is 7.05 Å². The van der Waals surface area contributed by atoms with Gasteiger partial charge in [0.15, 0.2) is 0 Å². The van der Waals surface area contributed by atoms with Gasteiger partial charge >= 0.3 is 6.03 Å². The number of hydrogen-bond acceptors (Lipinski definition) is 5. The quantitative estimate of drug-likeness (QED) is 0.653. The number of urea groups is 1. The summed E-state index contributed by atoms with van der Waals surface area (Å²) in [5.41, 5.74) is 6.69. The molecule has 2 aromatic rings. The van der Waals surface area contributed by atoms with E-state index in [0.717, 1.165) is 56.9 Å². The SMILES string of the molecule is C[C@@H](CCC1CCC(Oc2nc3cnc(OC4CC4)c(Cl)c3n2C)CC1)NC(N)=O. The number of carbonyl (C=O) groups is 1. The van der Waals surface area contributed by atoms with Crippen molar-refractivity contribution in [1.29, 1.82) is 0 Å². The standard InChI is InChI=1S/C21H30ClN5O3/c1-12(25-20(23)28)3-4-13-5-7-15(8-6-13)30-21-26-16-11-24-19(29-14-9-10-14)17(22)18(16)27(21)2/h11-15H,3-10H2,1-2H3,(H3,23,25,28)/t12-,13?,15?/m0/s1. The molecule has 0 radical (unpaired) electrons. The summed E-state index contributed by atoms with van der Waals surface area (Å²) in [7, 11) is 1.91. The number of pyridine rings is 1. The fraction of sp³-hybridized carbons (Fsp3) is 0.667. The molecular weight excluding hydrogens is 406 g/mol. The Kier molecular flexibility index (Phi) is 6.22. The molecule has 2 saturated carbocycles. The highest BCUT2D eigenvalue weighted by Crippen LogP contribution is 2.37. The molecule has 2 fully saturated rings. The van der Waals surface area contributed by atoms with Crippen LogP contribution in [0.3, 0.4) is 0 Å². The zero-order valence-electron chi connectivity index (χ0n) is 17.6. The third-order valence-electron chi connectivity index (χ3n) is 6.05. The van der Waals surface area contributed by atoms with Gasteiger partial charge in [-0.2, -0.15) is 4.98 Å². The predicted octanol–water partition coefficient (Wildman–Crippen LogP) is 3.94. The Hall–Kier alpha value is -2.22. The average molecular weight is 436 g/mol. The van der Waals surface area contributed by atoms with Gasteiger partial charge in [0.25, 0.3) is 6.01 Å². The van der Waals surface area contributed by atoms with E-state index >= 15 is 0 Å². The molecule has 3 N–H and O–H groups in total. The van der Waals surface area contributed by atoms with Gasteiger partial charge in [0.05, 0.1) is 11.7 Å². The molecule has 0 unspecified atom stereocenters. The van der Waals surface area contributed by atoms with Gasteiger partial charge in [-0.15, -0.1) is 0 Å². The van der Waals surface area contributed by atoms with E-state index in [2.05, 4.69) is 15.3 Å². The van der Waals surface area contributed by atoms with Crippen LogP contribution >= 0.6 is 11.6 Å². The number of hydrogen-bond donors (Lipinski definition) is 2. The number of primary amides is 1. The highest BCUT2D eigenvalue weighted by Gasteiger charge is 2.28. The number of ether oxygens (including phenoxy) is 2. The predicted molar refractivity (Wildman–Crippen MR) is 115 cm³/mol. The number of imidazole rings is 1. The summed E-state index contributed by atoms with van der Waals surface area (Å²) in [5, 5.41) is 3.24. The number of aryl methyl sites for hydroxylation is 1. The van der Waals surface area contributed by atoms with Gasteiger partial charge in [0.2, 0.25) is 5.88 Å². The largest absolute Gasteiger partial charge is 0.473 e. The number of fused-ring (bicyclic) bond motifs is 1. The van der Waals surface area contributed by atoms with Gasteiger partial charge in [-0.3, -0.25) is 4.57 Å². The summed E-state index contributed by atoms with van der Waals surface area (Å²) in [6, 6.07) is 0.229. The van der Waals surface area contributed by atoms with Crippen LogP contribution in [0, 0.1) is 5.92 Å². The molecule has 2 aliphatic rings.